The van der Waals surface area contributed by atoms with Crippen LogP contribution < -0.4 is 10.5 Å². The van der Waals surface area contributed by atoms with Gasteiger partial charge in [-0.2, -0.15) is 0 Å². The van der Waals surface area contributed by atoms with Gasteiger partial charge in [-0.15, -0.1) is 11.3 Å². The molecule has 0 saturated heterocycles. The molecule has 2 rings (SSSR count). The standard InChI is InChI=1S/C18H23NO3S/c1-5-14-15(12-6-8-13(21-4)9-7-12)16(17(19)23-14)18(20)22-10-11(2)3/h6-9,11H,5,10,19H2,1-4H3. The van der Waals surface area contributed by atoms with E-state index < -0.39 is 0 Å². The summed E-state index contributed by atoms with van der Waals surface area (Å²) in [6.45, 7) is 6.46. The molecule has 0 atom stereocenters. The lowest BCUT2D eigenvalue weighted by Gasteiger charge is -2.10. The highest BCUT2D eigenvalue weighted by Crippen LogP contribution is 2.40. The molecular weight excluding hydrogens is 310 g/mol. The Morgan fingerprint density at radius 1 is 1.26 bits per heavy atom. The number of carbonyl (C=O) groups is 1. The van der Waals surface area contributed by atoms with Gasteiger partial charge in [0.2, 0.25) is 0 Å². The van der Waals surface area contributed by atoms with Crippen LogP contribution >= 0.6 is 11.3 Å². The average molecular weight is 333 g/mol. The largest absolute Gasteiger partial charge is 0.497 e. The van der Waals surface area contributed by atoms with Crippen molar-refractivity contribution < 1.29 is 14.3 Å². The number of thiophene rings is 1. The van der Waals surface area contributed by atoms with Crippen LogP contribution in [0.2, 0.25) is 0 Å². The van der Waals surface area contributed by atoms with Crippen LogP contribution in [0.1, 0.15) is 36.0 Å². The van der Waals surface area contributed by atoms with Crippen molar-refractivity contribution in [1.29, 1.82) is 0 Å². The first kappa shape index (κ1) is 17.3. The molecule has 2 N–H and O–H groups in total. The molecule has 0 fully saturated rings. The molecule has 1 aromatic heterocycles. The topological polar surface area (TPSA) is 61.6 Å². The zero-order valence-electron chi connectivity index (χ0n) is 14.0. The van der Waals surface area contributed by atoms with E-state index in [4.69, 9.17) is 15.2 Å². The molecule has 1 heterocycles. The second-order valence-corrected chi connectivity index (χ2v) is 6.85. The van der Waals surface area contributed by atoms with Crippen LogP contribution in [-0.4, -0.2) is 19.7 Å². The van der Waals surface area contributed by atoms with Crippen molar-refractivity contribution in [3.8, 4) is 16.9 Å². The van der Waals surface area contributed by atoms with Gasteiger partial charge in [0.25, 0.3) is 0 Å². The quantitative estimate of drug-likeness (QED) is 0.797. The van der Waals surface area contributed by atoms with E-state index >= 15 is 0 Å². The number of nitrogens with two attached hydrogens (primary N) is 1. The van der Waals surface area contributed by atoms with Crippen LogP contribution in [0.5, 0.6) is 5.75 Å². The van der Waals surface area contributed by atoms with Crippen molar-refractivity contribution in [2.45, 2.75) is 27.2 Å². The van der Waals surface area contributed by atoms with Crippen LogP contribution in [-0.2, 0) is 11.2 Å². The highest BCUT2D eigenvalue weighted by atomic mass is 32.1. The first-order valence-corrected chi connectivity index (χ1v) is 8.52. The van der Waals surface area contributed by atoms with Crippen LogP contribution in [0, 0.1) is 5.92 Å². The molecule has 0 unspecified atom stereocenters. The van der Waals surface area contributed by atoms with Crippen LogP contribution in [0.4, 0.5) is 5.00 Å². The molecule has 0 aliphatic carbocycles. The highest BCUT2D eigenvalue weighted by Gasteiger charge is 2.24. The van der Waals surface area contributed by atoms with E-state index in [1.54, 1.807) is 7.11 Å². The summed E-state index contributed by atoms with van der Waals surface area (Å²) in [5, 5.41) is 0.515. The summed E-state index contributed by atoms with van der Waals surface area (Å²) in [6.07, 6.45) is 0.813. The normalized spacial score (nSPS) is 10.8. The molecule has 124 valence electrons. The van der Waals surface area contributed by atoms with Crippen LogP contribution in [0.15, 0.2) is 24.3 Å². The molecule has 0 radical (unpaired) electrons. The van der Waals surface area contributed by atoms with Gasteiger partial charge in [0.05, 0.1) is 13.7 Å². The summed E-state index contributed by atoms with van der Waals surface area (Å²) in [5.41, 5.74) is 8.43. The second kappa shape index (κ2) is 7.51. The van der Waals surface area contributed by atoms with Crippen molar-refractivity contribution in [1.82, 2.24) is 0 Å². The zero-order chi connectivity index (χ0) is 17.0. The van der Waals surface area contributed by atoms with E-state index in [-0.39, 0.29) is 11.9 Å². The number of benzene rings is 1. The van der Waals surface area contributed by atoms with Gasteiger partial charge in [-0.3, -0.25) is 0 Å². The number of esters is 1. The highest BCUT2D eigenvalue weighted by molar-refractivity contribution is 7.17. The van der Waals surface area contributed by atoms with Crippen molar-refractivity contribution in [3.63, 3.8) is 0 Å². The van der Waals surface area contributed by atoms with Gasteiger partial charge in [-0.25, -0.2) is 4.79 Å². The van der Waals surface area contributed by atoms with Gasteiger partial charge < -0.3 is 15.2 Å². The fourth-order valence-corrected chi connectivity index (χ4v) is 3.35. The van der Waals surface area contributed by atoms with E-state index in [2.05, 4.69) is 6.92 Å². The predicted octanol–water partition coefficient (Wildman–Crippen LogP) is 4.38. The Kier molecular flexibility index (Phi) is 5.66. The van der Waals surface area contributed by atoms with Crippen molar-refractivity contribution in [2.75, 3.05) is 19.5 Å². The number of nitrogen functional groups attached to an aromatic ring is 1. The number of hydrogen-bond acceptors (Lipinski definition) is 5. The van der Waals surface area contributed by atoms with Gasteiger partial charge in [-0.1, -0.05) is 32.9 Å². The molecule has 0 spiro atoms. The minimum absolute atomic E-state index is 0.286. The lowest BCUT2D eigenvalue weighted by Crippen LogP contribution is -2.12. The molecular formula is C18H23NO3S. The third-order valence-electron chi connectivity index (χ3n) is 3.46. The molecule has 0 saturated carbocycles. The zero-order valence-corrected chi connectivity index (χ0v) is 14.8. The number of aryl methyl sites for hydroxylation is 1. The summed E-state index contributed by atoms with van der Waals surface area (Å²) in [4.78, 5) is 13.6. The number of carbonyl (C=O) groups excluding carboxylic acids is 1. The molecule has 1 aromatic carbocycles. The van der Waals surface area contributed by atoms with E-state index in [1.807, 2.05) is 38.1 Å². The fourth-order valence-electron chi connectivity index (χ4n) is 2.33. The van der Waals surface area contributed by atoms with Crippen molar-refractivity contribution >= 4 is 22.3 Å². The number of ether oxygens (including phenoxy) is 2. The second-order valence-electron chi connectivity index (χ2n) is 5.71. The third kappa shape index (κ3) is 3.85. The SMILES string of the molecule is CCc1sc(N)c(C(=O)OCC(C)C)c1-c1ccc(OC)cc1. The van der Waals surface area contributed by atoms with E-state index in [1.165, 1.54) is 11.3 Å². The van der Waals surface area contributed by atoms with Crippen molar-refractivity contribution in [2.24, 2.45) is 5.92 Å². The lowest BCUT2D eigenvalue weighted by atomic mass is 10.00. The summed E-state index contributed by atoms with van der Waals surface area (Å²) < 4.78 is 10.6. The van der Waals surface area contributed by atoms with Gasteiger partial charge >= 0.3 is 5.97 Å². The van der Waals surface area contributed by atoms with E-state index in [0.29, 0.717) is 17.2 Å². The maximum Gasteiger partial charge on any atom is 0.341 e. The van der Waals surface area contributed by atoms with E-state index in [9.17, 15) is 4.79 Å². The van der Waals surface area contributed by atoms with Crippen LogP contribution in [0.25, 0.3) is 11.1 Å². The molecule has 4 nitrogen and oxygen atoms in total. The summed E-state index contributed by atoms with van der Waals surface area (Å²) in [5.74, 6) is 0.714. The first-order chi connectivity index (χ1) is 11.0. The lowest BCUT2D eigenvalue weighted by molar-refractivity contribution is 0.0461. The number of anilines is 1. The Balaban J connectivity index is 2.45. The minimum atomic E-state index is -0.349. The maximum atomic E-state index is 12.5. The molecule has 0 bridgehead atoms. The molecule has 5 heteroatoms. The first-order valence-electron chi connectivity index (χ1n) is 7.70. The Morgan fingerprint density at radius 2 is 1.91 bits per heavy atom. The maximum absolute atomic E-state index is 12.5. The molecule has 0 amide bonds. The Labute approximate surface area is 141 Å². The van der Waals surface area contributed by atoms with Gasteiger partial charge in [0, 0.05) is 10.4 Å². The Hall–Kier alpha value is -2.01. The molecule has 0 aliphatic heterocycles. The summed E-state index contributed by atoms with van der Waals surface area (Å²) in [7, 11) is 1.63. The summed E-state index contributed by atoms with van der Waals surface area (Å²) in [6, 6.07) is 7.65. The number of methoxy groups -OCH3 is 1. The Morgan fingerprint density at radius 3 is 2.43 bits per heavy atom. The van der Waals surface area contributed by atoms with Crippen LogP contribution in [0.3, 0.4) is 0 Å². The van der Waals surface area contributed by atoms with Crippen molar-refractivity contribution in [3.05, 3.63) is 34.7 Å². The molecule has 0 aliphatic rings. The van der Waals surface area contributed by atoms with E-state index in [0.717, 1.165) is 28.2 Å². The average Bonchev–Trinajstić information content (AvgIpc) is 2.89. The number of hydrogen-bond donors (Lipinski definition) is 1. The molecule has 2 aromatic rings. The Bertz CT molecular complexity index is 674. The monoisotopic (exact) mass is 333 g/mol. The minimum Gasteiger partial charge on any atom is -0.497 e. The van der Waals surface area contributed by atoms with Gasteiger partial charge in [0.15, 0.2) is 0 Å². The summed E-state index contributed by atoms with van der Waals surface area (Å²) >= 11 is 1.45. The smallest absolute Gasteiger partial charge is 0.341 e. The van der Waals surface area contributed by atoms with Gasteiger partial charge in [-0.05, 0) is 30.0 Å². The fraction of sp³-hybridized carbons (Fsp3) is 0.389. The predicted molar refractivity (Wildman–Crippen MR) is 95.2 cm³/mol. The molecule has 23 heavy (non-hydrogen) atoms. The van der Waals surface area contributed by atoms with Gasteiger partial charge in [0.1, 0.15) is 16.3 Å². The third-order valence-corrected chi connectivity index (χ3v) is 4.62. The number of rotatable bonds is 6.